The maximum Gasteiger partial charge on any atom is 0.274 e. The van der Waals surface area contributed by atoms with E-state index >= 15 is 0 Å². The highest BCUT2D eigenvalue weighted by Gasteiger charge is 2.20. The molecule has 0 spiro atoms. The van der Waals surface area contributed by atoms with E-state index in [1.165, 1.54) is 12.0 Å². The van der Waals surface area contributed by atoms with E-state index in [1.807, 2.05) is 31.2 Å². The first-order valence-corrected chi connectivity index (χ1v) is 9.06. The molecular weight excluding hydrogens is 312 g/mol. The number of benzene rings is 1. The summed E-state index contributed by atoms with van der Waals surface area (Å²) >= 11 is 0. The minimum Gasteiger partial charge on any atom is -0.356 e. The number of rotatable bonds is 4. The fourth-order valence-corrected chi connectivity index (χ4v) is 3.25. The Kier molecular flexibility index (Phi) is 5.31. The third kappa shape index (κ3) is 4.35. The van der Waals surface area contributed by atoms with Gasteiger partial charge in [0.1, 0.15) is 17.3 Å². The Bertz CT molecular complexity index is 742. The average Bonchev–Trinajstić information content (AvgIpc) is 2.62. The van der Waals surface area contributed by atoms with Gasteiger partial charge in [0.15, 0.2) is 0 Å². The highest BCUT2D eigenvalue weighted by Crippen LogP contribution is 2.22. The molecule has 1 fully saturated rings. The lowest BCUT2D eigenvalue weighted by Crippen LogP contribution is -2.35. The summed E-state index contributed by atoms with van der Waals surface area (Å²) in [4.78, 5) is 23.7. The van der Waals surface area contributed by atoms with Crippen LogP contribution in [0.25, 0.3) is 0 Å². The predicted molar refractivity (Wildman–Crippen MR) is 101 cm³/mol. The van der Waals surface area contributed by atoms with Gasteiger partial charge in [0.2, 0.25) is 0 Å². The van der Waals surface area contributed by atoms with Crippen molar-refractivity contribution in [2.75, 3.05) is 23.3 Å². The van der Waals surface area contributed by atoms with Gasteiger partial charge in [-0.25, -0.2) is 9.97 Å². The summed E-state index contributed by atoms with van der Waals surface area (Å²) < 4.78 is 0. The van der Waals surface area contributed by atoms with E-state index in [2.05, 4.69) is 34.0 Å². The number of hydrogen-bond acceptors (Lipinski definition) is 4. The standard InChI is InChI=1S/C20H26N4O/c1-4-16-7-9-17(10-8-16)23-20(25)18-12-19(22-15(3)21-18)24-11-5-6-14(2)13-24/h7-10,12,14H,4-6,11,13H2,1-3H3,(H,23,25). The first kappa shape index (κ1) is 17.4. The van der Waals surface area contributed by atoms with Gasteiger partial charge >= 0.3 is 0 Å². The fraction of sp³-hybridized carbons (Fsp3) is 0.450. The van der Waals surface area contributed by atoms with Crippen molar-refractivity contribution in [2.24, 2.45) is 5.92 Å². The van der Waals surface area contributed by atoms with Crippen LogP contribution in [-0.2, 0) is 6.42 Å². The van der Waals surface area contributed by atoms with E-state index in [0.717, 1.165) is 37.4 Å². The summed E-state index contributed by atoms with van der Waals surface area (Å²) in [7, 11) is 0. The third-order valence-electron chi connectivity index (χ3n) is 4.66. The molecule has 1 aliphatic rings. The number of aryl methyl sites for hydroxylation is 2. The molecule has 1 atom stereocenters. The summed E-state index contributed by atoms with van der Waals surface area (Å²) in [6.07, 6.45) is 3.40. The molecule has 0 saturated carbocycles. The molecule has 0 radical (unpaired) electrons. The summed E-state index contributed by atoms with van der Waals surface area (Å²) in [6, 6.07) is 9.72. The highest BCUT2D eigenvalue weighted by atomic mass is 16.1. The Labute approximate surface area is 149 Å². The van der Waals surface area contributed by atoms with Crippen molar-refractivity contribution < 1.29 is 4.79 Å². The van der Waals surface area contributed by atoms with Crippen molar-refractivity contribution in [3.63, 3.8) is 0 Å². The van der Waals surface area contributed by atoms with E-state index in [0.29, 0.717) is 17.4 Å². The van der Waals surface area contributed by atoms with E-state index in [-0.39, 0.29) is 5.91 Å². The molecule has 0 bridgehead atoms. The van der Waals surface area contributed by atoms with E-state index in [1.54, 1.807) is 6.07 Å². The van der Waals surface area contributed by atoms with Gasteiger partial charge in [0, 0.05) is 24.8 Å². The van der Waals surface area contributed by atoms with Crippen molar-refractivity contribution >= 4 is 17.4 Å². The zero-order valence-corrected chi connectivity index (χ0v) is 15.2. The molecule has 1 amide bonds. The van der Waals surface area contributed by atoms with E-state index in [4.69, 9.17) is 0 Å². The van der Waals surface area contributed by atoms with E-state index < -0.39 is 0 Å². The smallest absolute Gasteiger partial charge is 0.274 e. The number of aromatic nitrogens is 2. The highest BCUT2D eigenvalue weighted by molar-refractivity contribution is 6.03. The molecule has 5 heteroatoms. The first-order chi connectivity index (χ1) is 12.0. The molecule has 0 aliphatic carbocycles. The van der Waals surface area contributed by atoms with Crippen molar-refractivity contribution in [3.8, 4) is 0 Å². The summed E-state index contributed by atoms with van der Waals surface area (Å²) in [5.41, 5.74) is 2.45. The second-order valence-electron chi connectivity index (χ2n) is 6.86. The maximum absolute atomic E-state index is 12.6. The van der Waals surface area contributed by atoms with Crippen LogP contribution in [0.5, 0.6) is 0 Å². The number of amides is 1. The van der Waals surface area contributed by atoms with Crippen LogP contribution in [0.3, 0.4) is 0 Å². The van der Waals surface area contributed by atoms with Gasteiger partial charge in [-0.2, -0.15) is 0 Å². The zero-order valence-electron chi connectivity index (χ0n) is 15.2. The van der Waals surface area contributed by atoms with Crippen molar-refractivity contribution in [1.29, 1.82) is 0 Å². The Hall–Kier alpha value is -2.43. The van der Waals surface area contributed by atoms with Crippen LogP contribution in [0.4, 0.5) is 11.5 Å². The lowest BCUT2D eigenvalue weighted by atomic mass is 10.0. The average molecular weight is 338 g/mol. The zero-order chi connectivity index (χ0) is 17.8. The van der Waals surface area contributed by atoms with Crippen LogP contribution in [-0.4, -0.2) is 29.0 Å². The van der Waals surface area contributed by atoms with Crippen LogP contribution in [0.15, 0.2) is 30.3 Å². The largest absolute Gasteiger partial charge is 0.356 e. The number of carbonyl (C=O) groups is 1. The third-order valence-corrected chi connectivity index (χ3v) is 4.66. The Morgan fingerprint density at radius 1 is 1.28 bits per heavy atom. The molecule has 25 heavy (non-hydrogen) atoms. The molecule has 2 aromatic rings. The SMILES string of the molecule is CCc1ccc(NC(=O)c2cc(N3CCCC(C)C3)nc(C)n2)cc1. The molecule has 1 aromatic carbocycles. The minimum atomic E-state index is -0.193. The quantitative estimate of drug-likeness (QED) is 0.920. The molecule has 1 N–H and O–H groups in total. The number of piperidine rings is 1. The molecule has 5 nitrogen and oxygen atoms in total. The lowest BCUT2D eigenvalue weighted by Gasteiger charge is -2.32. The van der Waals surface area contributed by atoms with Crippen LogP contribution in [0.2, 0.25) is 0 Å². The molecule has 2 heterocycles. The van der Waals surface area contributed by atoms with Gasteiger partial charge < -0.3 is 10.2 Å². The van der Waals surface area contributed by atoms with Crippen molar-refractivity contribution in [1.82, 2.24) is 9.97 Å². The normalized spacial score (nSPS) is 17.4. The van der Waals surface area contributed by atoms with Gasteiger partial charge in [-0.15, -0.1) is 0 Å². The monoisotopic (exact) mass is 338 g/mol. The second kappa shape index (κ2) is 7.64. The van der Waals surface area contributed by atoms with Crippen LogP contribution in [0.1, 0.15) is 48.6 Å². The number of nitrogens with one attached hydrogen (secondary N) is 1. The number of hydrogen-bond donors (Lipinski definition) is 1. The number of anilines is 2. The van der Waals surface area contributed by atoms with Crippen molar-refractivity contribution in [2.45, 2.75) is 40.0 Å². The summed E-state index contributed by atoms with van der Waals surface area (Å²) in [6.45, 7) is 8.17. The van der Waals surface area contributed by atoms with Gasteiger partial charge in [-0.1, -0.05) is 26.0 Å². The van der Waals surface area contributed by atoms with Gasteiger partial charge in [0.05, 0.1) is 0 Å². The molecule has 1 aliphatic heterocycles. The topological polar surface area (TPSA) is 58.1 Å². The van der Waals surface area contributed by atoms with Gasteiger partial charge in [0.25, 0.3) is 5.91 Å². The Morgan fingerprint density at radius 2 is 2.04 bits per heavy atom. The Morgan fingerprint density at radius 3 is 2.72 bits per heavy atom. The van der Waals surface area contributed by atoms with Gasteiger partial charge in [-0.05, 0) is 49.8 Å². The fourth-order valence-electron chi connectivity index (χ4n) is 3.25. The lowest BCUT2D eigenvalue weighted by molar-refractivity contribution is 0.102. The van der Waals surface area contributed by atoms with Gasteiger partial charge in [-0.3, -0.25) is 4.79 Å². The molecule has 132 valence electrons. The Balaban J connectivity index is 1.77. The van der Waals surface area contributed by atoms with Crippen LogP contribution < -0.4 is 10.2 Å². The van der Waals surface area contributed by atoms with Crippen LogP contribution in [0, 0.1) is 12.8 Å². The molecule has 1 aromatic heterocycles. The molecule has 1 unspecified atom stereocenters. The van der Waals surface area contributed by atoms with Crippen molar-refractivity contribution in [3.05, 3.63) is 47.4 Å². The second-order valence-corrected chi connectivity index (χ2v) is 6.86. The number of nitrogens with zero attached hydrogens (tertiary/aromatic N) is 3. The summed E-state index contributed by atoms with van der Waals surface area (Å²) in [5, 5.41) is 2.93. The summed E-state index contributed by atoms with van der Waals surface area (Å²) in [5.74, 6) is 1.94. The van der Waals surface area contributed by atoms with Crippen LogP contribution >= 0.6 is 0 Å². The number of carbonyl (C=O) groups excluding carboxylic acids is 1. The van der Waals surface area contributed by atoms with E-state index in [9.17, 15) is 4.79 Å². The molecule has 3 rings (SSSR count). The maximum atomic E-state index is 12.6. The molecule has 1 saturated heterocycles. The molecular formula is C20H26N4O. The first-order valence-electron chi connectivity index (χ1n) is 9.06. The minimum absolute atomic E-state index is 0.193. The predicted octanol–water partition coefficient (Wildman–Crippen LogP) is 3.84.